The van der Waals surface area contributed by atoms with Gasteiger partial charge in [-0.3, -0.25) is 4.79 Å². The van der Waals surface area contributed by atoms with Crippen LogP contribution in [0.15, 0.2) is 42.5 Å². The Balaban J connectivity index is 1.87. The monoisotopic (exact) mass is 442 g/mol. The summed E-state index contributed by atoms with van der Waals surface area (Å²) in [4.78, 5) is 26.3. The smallest absolute Gasteiger partial charge is 0.416 e. The van der Waals surface area contributed by atoms with Crippen molar-refractivity contribution in [2.24, 2.45) is 0 Å². The quantitative estimate of drug-likeness (QED) is 0.443. The Bertz CT molecular complexity index is 1140. The van der Waals surface area contributed by atoms with Crippen molar-refractivity contribution >= 4 is 57.7 Å². The number of halogens is 5. The number of amides is 1. The van der Waals surface area contributed by atoms with Crippen LogP contribution < -0.4 is 5.32 Å². The van der Waals surface area contributed by atoms with Crippen LogP contribution in [0.2, 0.25) is 10.0 Å². The molecule has 1 amide bonds. The normalized spacial score (nSPS) is 11.9. The molecule has 3 aromatic rings. The lowest BCUT2D eigenvalue weighted by atomic mass is 10.1. The minimum Gasteiger partial charge on any atom is -0.477 e. The van der Waals surface area contributed by atoms with Gasteiger partial charge in [-0.15, -0.1) is 0 Å². The Morgan fingerprint density at radius 2 is 1.76 bits per heavy atom. The third-order valence-electron chi connectivity index (χ3n) is 3.95. The molecule has 1 aromatic heterocycles. The average Bonchev–Trinajstić information content (AvgIpc) is 2.98. The topological polar surface area (TPSA) is 82.2 Å². The van der Waals surface area contributed by atoms with Crippen LogP contribution in [0.4, 0.5) is 18.9 Å². The number of rotatable bonds is 4. The molecule has 0 radical (unpaired) electrons. The SMILES string of the molecule is O=C(/C=C/c1c(C(=O)O)[nH]c2cc(Cl)cc(Cl)c12)Nc1ccc(C(F)(F)F)cc1. The summed E-state index contributed by atoms with van der Waals surface area (Å²) in [7, 11) is 0. The Hall–Kier alpha value is -2.97. The van der Waals surface area contributed by atoms with Crippen molar-refractivity contribution in [1.29, 1.82) is 0 Å². The molecule has 3 rings (SSSR count). The number of aromatic amines is 1. The highest BCUT2D eigenvalue weighted by molar-refractivity contribution is 6.39. The number of aromatic carboxylic acids is 1. The zero-order chi connectivity index (χ0) is 21.3. The van der Waals surface area contributed by atoms with Gasteiger partial charge >= 0.3 is 12.1 Å². The van der Waals surface area contributed by atoms with Gasteiger partial charge in [0.2, 0.25) is 5.91 Å². The number of carboxylic acid groups (broad SMARTS) is 1. The Labute approximate surface area is 171 Å². The highest BCUT2D eigenvalue weighted by Gasteiger charge is 2.30. The van der Waals surface area contributed by atoms with Gasteiger partial charge in [0, 0.05) is 33.3 Å². The third kappa shape index (κ3) is 4.55. The van der Waals surface area contributed by atoms with Crippen LogP contribution in [0, 0.1) is 0 Å². The number of carboxylic acids is 1. The highest BCUT2D eigenvalue weighted by atomic mass is 35.5. The third-order valence-corrected chi connectivity index (χ3v) is 4.46. The predicted molar refractivity (Wildman–Crippen MR) is 104 cm³/mol. The van der Waals surface area contributed by atoms with E-state index in [9.17, 15) is 27.9 Å². The molecule has 0 fully saturated rings. The molecule has 29 heavy (non-hydrogen) atoms. The standard InChI is InChI=1S/C19H11Cl2F3N2O3/c20-10-7-13(21)16-12(17(18(28)29)26-14(16)8-10)5-6-15(27)25-11-3-1-9(2-4-11)19(22,23)24/h1-8,26H,(H,25,27)(H,28,29)/b6-5+. The van der Waals surface area contributed by atoms with E-state index in [1.807, 2.05) is 0 Å². The number of carbonyl (C=O) groups excluding carboxylic acids is 1. The first-order chi connectivity index (χ1) is 13.6. The van der Waals surface area contributed by atoms with Gasteiger partial charge in [0.1, 0.15) is 5.69 Å². The van der Waals surface area contributed by atoms with Crippen molar-refractivity contribution in [1.82, 2.24) is 4.98 Å². The maximum atomic E-state index is 12.6. The van der Waals surface area contributed by atoms with E-state index in [0.717, 1.165) is 30.3 Å². The van der Waals surface area contributed by atoms with E-state index in [-0.39, 0.29) is 22.0 Å². The van der Waals surface area contributed by atoms with Crippen molar-refractivity contribution in [2.45, 2.75) is 6.18 Å². The fourth-order valence-electron chi connectivity index (χ4n) is 2.69. The number of anilines is 1. The largest absolute Gasteiger partial charge is 0.477 e. The van der Waals surface area contributed by atoms with Crippen molar-refractivity contribution < 1.29 is 27.9 Å². The molecule has 150 valence electrons. The summed E-state index contributed by atoms with van der Waals surface area (Å²) < 4.78 is 37.7. The van der Waals surface area contributed by atoms with Gasteiger partial charge < -0.3 is 15.4 Å². The number of nitrogens with one attached hydrogen (secondary N) is 2. The van der Waals surface area contributed by atoms with Gasteiger partial charge in [0.25, 0.3) is 0 Å². The molecule has 0 aliphatic heterocycles. The van der Waals surface area contributed by atoms with Crippen molar-refractivity contribution in [3.63, 3.8) is 0 Å². The van der Waals surface area contributed by atoms with Gasteiger partial charge in [-0.2, -0.15) is 13.2 Å². The Morgan fingerprint density at radius 1 is 1.10 bits per heavy atom. The number of carbonyl (C=O) groups is 2. The molecule has 0 saturated heterocycles. The summed E-state index contributed by atoms with van der Waals surface area (Å²) in [5.41, 5.74) is -0.346. The number of aromatic nitrogens is 1. The average molecular weight is 443 g/mol. The van der Waals surface area contributed by atoms with Crippen molar-refractivity contribution in [3.8, 4) is 0 Å². The molecule has 2 aromatic carbocycles. The molecule has 0 aliphatic rings. The van der Waals surface area contributed by atoms with Crippen LogP contribution in [0.5, 0.6) is 0 Å². The molecule has 0 aliphatic carbocycles. The van der Waals surface area contributed by atoms with Gasteiger partial charge in [-0.25, -0.2) is 4.79 Å². The number of hydrogen-bond donors (Lipinski definition) is 3. The maximum absolute atomic E-state index is 12.6. The number of benzene rings is 2. The lowest BCUT2D eigenvalue weighted by Gasteiger charge is -2.07. The van der Waals surface area contributed by atoms with Crippen molar-refractivity contribution in [2.75, 3.05) is 5.32 Å². The fourth-order valence-corrected chi connectivity index (χ4v) is 3.29. The molecule has 0 unspecified atom stereocenters. The number of H-pyrrole nitrogens is 1. The molecular formula is C19H11Cl2F3N2O3. The summed E-state index contributed by atoms with van der Waals surface area (Å²) in [6.07, 6.45) is -2.17. The molecule has 0 bridgehead atoms. The lowest BCUT2D eigenvalue weighted by molar-refractivity contribution is -0.137. The number of hydrogen-bond acceptors (Lipinski definition) is 2. The van der Waals surface area contributed by atoms with Crippen LogP contribution in [0.3, 0.4) is 0 Å². The van der Waals surface area contributed by atoms with E-state index < -0.39 is 23.6 Å². The van der Waals surface area contributed by atoms with Crippen LogP contribution in [0.25, 0.3) is 17.0 Å². The van der Waals surface area contributed by atoms with Crippen LogP contribution in [0.1, 0.15) is 21.6 Å². The number of alkyl halides is 3. The molecule has 0 spiro atoms. The van der Waals surface area contributed by atoms with E-state index in [4.69, 9.17) is 23.2 Å². The van der Waals surface area contributed by atoms with Crippen LogP contribution in [-0.2, 0) is 11.0 Å². The first-order valence-corrected chi connectivity index (χ1v) is 8.72. The molecular weight excluding hydrogens is 432 g/mol. The van der Waals surface area contributed by atoms with E-state index in [2.05, 4.69) is 10.3 Å². The zero-order valence-electron chi connectivity index (χ0n) is 14.3. The van der Waals surface area contributed by atoms with Crippen molar-refractivity contribution in [3.05, 3.63) is 69.3 Å². The maximum Gasteiger partial charge on any atom is 0.416 e. The summed E-state index contributed by atoms with van der Waals surface area (Å²) in [6, 6.07) is 6.83. The Kier molecular flexibility index (Phi) is 5.59. The van der Waals surface area contributed by atoms with E-state index in [0.29, 0.717) is 15.9 Å². The molecule has 0 atom stereocenters. The summed E-state index contributed by atoms with van der Waals surface area (Å²) >= 11 is 12.1. The van der Waals surface area contributed by atoms with Gasteiger partial charge in [-0.05, 0) is 42.5 Å². The van der Waals surface area contributed by atoms with Crippen LogP contribution >= 0.6 is 23.2 Å². The summed E-state index contributed by atoms with van der Waals surface area (Å²) in [5.74, 6) is -1.93. The fraction of sp³-hybridized carbons (Fsp3) is 0.0526. The zero-order valence-corrected chi connectivity index (χ0v) is 15.8. The Morgan fingerprint density at radius 3 is 2.34 bits per heavy atom. The van der Waals surface area contributed by atoms with E-state index in [1.165, 1.54) is 18.2 Å². The second kappa shape index (κ2) is 7.81. The lowest BCUT2D eigenvalue weighted by Crippen LogP contribution is -2.09. The number of fused-ring (bicyclic) bond motifs is 1. The second-order valence-electron chi connectivity index (χ2n) is 5.93. The van der Waals surface area contributed by atoms with Crippen LogP contribution in [-0.4, -0.2) is 22.0 Å². The van der Waals surface area contributed by atoms with E-state index in [1.54, 1.807) is 0 Å². The molecule has 1 heterocycles. The van der Waals surface area contributed by atoms with Gasteiger partial charge in [-0.1, -0.05) is 23.2 Å². The second-order valence-corrected chi connectivity index (χ2v) is 6.77. The molecule has 3 N–H and O–H groups in total. The molecule has 10 heteroatoms. The predicted octanol–water partition coefficient (Wildman–Crippen LogP) is 5.84. The highest BCUT2D eigenvalue weighted by Crippen LogP contribution is 2.33. The summed E-state index contributed by atoms with van der Waals surface area (Å²) in [5, 5.41) is 12.6. The summed E-state index contributed by atoms with van der Waals surface area (Å²) in [6.45, 7) is 0. The van der Waals surface area contributed by atoms with Gasteiger partial charge in [0.15, 0.2) is 0 Å². The minimum absolute atomic E-state index is 0.148. The minimum atomic E-state index is -4.48. The first kappa shape index (κ1) is 20.8. The molecule has 5 nitrogen and oxygen atoms in total. The van der Waals surface area contributed by atoms with Gasteiger partial charge in [0.05, 0.1) is 10.6 Å². The molecule has 0 saturated carbocycles. The first-order valence-electron chi connectivity index (χ1n) is 7.96. The van der Waals surface area contributed by atoms with E-state index >= 15 is 0 Å².